The molecule has 0 aliphatic carbocycles. The quantitative estimate of drug-likeness (QED) is 0.394. The van der Waals surface area contributed by atoms with Crippen LogP contribution in [0.25, 0.3) is 0 Å². The molecular formula is C17H17F11O2. The van der Waals surface area contributed by atoms with Gasteiger partial charge >= 0.3 is 29.9 Å². The molecule has 174 valence electrons. The summed E-state index contributed by atoms with van der Waals surface area (Å²) in [6.07, 6.45) is -9.53. The Bertz CT molecular complexity index is 713. The average molecular weight is 462 g/mol. The Hall–Kier alpha value is -1.79. The Balaban J connectivity index is 3.36. The highest BCUT2D eigenvalue weighted by Crippen LogP contribution is 2.59. The Kier molecular flexibility index (Phi) is 7.04. The Labute approximate surface area is 163 Å². The maximum atomic E-state index is 14.1. The number of hydrogen-bond acceptors (Lipinski definition) is 2. The summed E-state index contributed by atoms with van der Waals surface area (Å²) in [7, 11) is 0.743. The van der Waals surface area contributed by atoms with Crippen LogP contribution in [0.2, 0.25) is 0 Å². The van der Waals surface area contributed by atoms with Crippen LogP contribution in [0.3, 0.4) is 0 Å². The van der Waals surface area contributed by atoms with Crippen LogP contribution in [-0.4, -0.2) is 43.6 Å². The van der Waals surface area contributed by atoms with Crippen LogP contribution < -0.4 is 4.74 Å². The molecule has 1 rings (SSSR count). The molecule has 0 amide bonds. The molecule has 1 aromatic carbocycles. The number of rotatable bonds is 9. The molecular weight excluding hydrogens is 445 g/mol. The molecule has 1 unspecified atom stereocenters. The fraction of sp³-hybridized carbons (Fsp3) is 0.647. The van der Waals surface area contributed by atoms with Gasteiger partial charge < -0.3 is 9.47 Å². The summed E-state index contributed by atoms with van der Waals surface area (Å²) in [6, 6.07) is 4.54. The van der Waals surface area contributed by atoms with E-state index in [1.807, 2.05) is 0 Å². The third kappa shape index (κ3) is 4.30. The van der Waals surface area contributed by atoms with Gasteiger partial charge in [0, 0.05) is 7.11 Å². The van der Waals surface area contributed by atoms with Crippen LogP contribution >= 0.6 is 0 Å². The maximum Gasteiger partial charge on any atom is 0.460 e. The van der Waals surface area contributed by atoms with Crippen molar-refractivity contribution in [1.29, 1.82) is 0 Å². The van der Waals surface area contributed by atoms with E-state index in [9.17, 15) is 48.3 Å². The highest BCUT2D eigenvalue weighted by atomic mass is 19.4. The fourth-order valence-corrected chi connectivity index (χ4v) is 2.50. The van der Waals surface area contributed by atoms with E-state index in [0.29, 0.717) is 0 Å². The van der Waals surface area contributed by atoms with E-state index in [4.69, 9.17) is 9.47 Å². The molecule has 1 aromatic rings. The summed E-state index contributed by atoms with van der Waals surface area (Å²) in [4.78, 5) is 0. The molecule has 2 nitrogen and oxygen atoms in total. The van der Waals surface area contributed by atoms with E-state index in [2.05, 4.69) is 0 Å². The van der Waals surface area contributed by atoms with Gasteiger partial charge in [-0.15, -0.1) is 0 Å². The van der Waals surface area contributed by atoms with E-state index in [1.165, 1.54) is 12.1 Å². The van der Waals surface area contributed by atoms with Crippen LogP contribution in [0.1, 0.15) is 25.8 Å². The number of methoxy groups -OCH3 is 1. The van der Waals surface area contributed by atoms with Crippen LogP contribution in [0.4, 0.5) is 48.3 Å². The molecule has 0 spiro atoms. The normalized spacial score (nSPS) is 16.3. The smallest absolute Gasteiger partial charge is 0.460 e. The first-order valence-corrected chi connectivity index (χ1v) is 8.17. The largest absolute Gasteiger partial charge is 0.494 e. The molecule has 0 saturated heterocycles. The van der Waals surface area contributed by atoms with Gasteiger partial charge in [-0.05, 0) is 31.5 Å². The third-order valence-electron chi connectivity index (χ3n) is 4.39. The minimum Gasteiger partial charge on any atom is -0.494 e. The first-order chi connectivity index (χ1) is 13.3. The first kappa shape index (κ1) is 26.2. The molecule has 0 bridgehead atoms. The van der Waals surface area contributed by atoms with E-state index in [0.717, 1.165) is 26.2 Å². The lowest BCUT2D eigenvalue weighted by molar-refractivity contribution is -0.424. The summed E-state index contributed by atoms with van der Waals surface area (Å²) < 4.78 is 155. The lowest BCUT2D eigenvalue weighted by Gasteiger charge is -2.40. The van der Waals surface area contributed by atoms with E-state index in [1.54, 1.807) is 6.92 Å². The van der Waals surface area contributed by atoms with Crippen molar-refractivity contribution < 1.29 is 57.8 Å². The minimum absolute atomic E-state index is 0.216. The predicted molar refractivity (Wildman–Crippen MR) is 82.4 cm³/mol. The number of alkyl halides is 11. The van der Waals surface area contributed by atoms with Crippen LogP contribution in [0.5, 0.6) is 5.75 Å². The SMILES string of the molecule is CCOc1ccc(C(C)(CC(F)(F)C(F)(F)C(F)(F)C(F)(F)C(F)(F)F)OC)cc1. The summed E-state index contributed by atoms with van der Waals surface area (Å²) >= 11 is 0. The van der Waals surface area contributed by atoms with Gasteiger partial charge in [0.2, 0.25) is 0 Å². The number of halogens is 11. The molecule has 1 atom stereocenters. The van der Waals surface area contributed by atoms with Gasteiger partial charge in [0.05, 0.1) is 18.6 Å². The Morgan fingerprint density at radius 3 is 1.57 bits per heavy atom. The van der Waals surface area contributed by atoms with Crippen molar-refractivity contribution in [3.8, 4) is 5.75 Å². The van der Waals surface area contributed by atoms with Crippen molar-refractivity contribution in [3.63, 3.8) is 0 Å². The zero-order chi connectivity index (χ0) is 23.8. The van der Waals surface area contributed by atoms with E-state index in [-0.39, 0.29) is 17.9 Å². The van der Waals surface area contributed by atoms with E-state index >= 15 is 0 Å². The summed E-state index contributed by atoms with van der Waals surface area (Å²) in [5.74, 6) is -27.8. The number of hydrogen-bond donors (Lipinski definition) is 0. The highest BCUT2D eigenvalue weighted by Gasteiger charge is 2.87. The predicted octanol–water partition coefficient (Wildman–Crippen LogP) is 6.44. The van der Waals surface area contributed by atoms with Crippen LogP contribution in [-0.2, 0) is 10.3 Å². The summed E-state index contributed by atoms with van der Waals surface area (Å²) in [5.41, 5.74) is -2.73. The lowest BCUT2D eigenvalue weighted by Crippen LogP contribution is -2.67. The van der Waals surface area contributed by atoms with Crippen LogP contribution in [0, 0.1) is 0 Å². The standard InChI is InChI=1S/C17H17F11O2/c1-4-30-11-7-5-10(6-8-11)12(2,29-3)9-13(18,19)14(20,21)15(22,23)16(24,25)17(26,27)28/h5-8H,4,9H2,1-3H3. The van der Waals surface area contributed by atoms with Crippen molar-refractivity contribution in [1.82, 2.24) is 0 Å². The van der Waals surface area contributed by atoms with Gasteiger partial charge in [0.15, 0.2) is 0 Å². The molecule has 13 heteroatoms. The molecule has 0 heterocycles. The van der Waals surface area contributed by atoms with Crippen molar-refractivity contribution in [2.75, 3.05) is 13.7 Å². The lowest BCUT2D eigenvalue weighted by atomic mass is 9.85. The van der Waals surface area contributed by atoms with Crippen LogP contribution in [0.15, 0.2) is 24.3 Å². The second-order valence-electron chi connectivity index (χ2n) is 6.49. The van der Waals surface area contributed by atoms with Gasteiger partial charge in [0.25, 0.3) is 0 Å². The zero-order valence-electron chi connectivity index (χ0n) is 15.7. The van der Waals surface area contributed by atoms with Gasteiger partial charge in [-0.25, -0.2) is 0 Å². The Morgan fingerprint density at radius 2 is 1.20 bits per heavy atom. The topological polar surface area (TPSA) is 18.5 Å². The molecule has 0 radical (unpaired) electrons. The van der Waals surface area contributed by atoms with Gasteiger partial charge in [-0.3, -0.25) is 0 Å². The molecule has 0 fully saturated rings. The molecule has 0 N–H and O–H groups in total. The van der Waals surface area contributed by atoms with Gasteiger partial charge in [0.1, 0.15) is 5.75 Å². The van der Waals surface area contributed by atoms with Crippen molar-refractivity contribution in [2.24, 2.45) is 0 Å². The average Bonchev–Trinajstić information content (AvgIpc) is 2.60. The maximum absolute atomic E-state index is 14.1. The second kappa shape index (κ2) is 8.04. The highest BCUT2D eigenvalue weighted by molar-refractivity contribution is 5.31. The first-order valence-electron chi connectivity index (χ1n) is 8.17. The summed E-state index contributed by atoms with van der Waals surface area (Å²) in [5, 5.41) is 0. The molecule has 0 saturated carbocycles. The molecule has 0 aliphatic heterocycles. The number of ether oxygens (including phenoxy) is 2. The van der Waals surface area contributed by atoms with Crippen molar-refractivity contribution in [2.45, 2.75) is 55.7 Å². The van der Waals surface area contributed by atoms with Crippen molar-refractivity contribution in [3.05, 3.63) is 29.8 Å². The van der Waals surface area contributed by atoms with Crippen molar-refractivity contribution >= 4 is 0 Å². The molecule has 0 aromatic heterocycles. The fourth-order valence-electron chi connectivity index (χ4n) is 2.50. The third-order valence-corrected chi connectivity index (χ3v) is 4.39. The summed E-state index contributed by atoms with van der Waals surface area (Å²) in [6.45, 7) is 2.59. The van der Waals surface area contributed by atoms with E-state index < -0.39 is 41.9 Å². The van der Waals surface area contributed by atoms with Gasteiger partial charge in [-0.1, -0.05) is 12.1 Å². The van der Waals surface area contributed by atoms with Gasteiger partial charge in [-0.2, -0.15) is 48.3 Å². The monoisotopic (exact) mass is 462 g/mol. The zero-order valence-corrected chi connectivity index (χ0v) is 15.7. The minimum atomic E-state index is -7.45. The molecule has 0 aliphatic rings. The molecule has 30 heavy (non-hydrogen) atoms. The number of benzene rings is 1. The Morgan fingerprint density at radius 1 is 0.733 bits per heavy atom. The second-order valence-corrected chi connectivity index (χ2v) is 6.49.